The number of aryl methyl sites for hydroxylation is 1. The molecule has 2 heteroatoms. The average molecular weight is 328 g/mol. The first-order chi connectivity index (χ1) is 12.1. The Bertz CT molecular complexity index is 969. The van der Waals surface area contributed by atoms with Crippen molar-refractivity contribution >= 4 is 11.9 Å². The summed E-state index contributed by atoms with van der Waals surface area (Å²) in [6, 6.07) is 22.7. The number of rotatable bonds is 2. The van der Waals surface area contributed by atoms with E-state index >= 15 is 0 Å². The van der Waals surface area contributed by atoms with Crippen LogP contribution in [0.2, 0.25) is 0 Å². The Labute approximate surface area is 146 Å². The fraction of sp³-hybridized carbons (Fsp3) is 0.0870. The molecule has 3 aromatic carbocycles. The molecule has 0 saturated carbocycles. The quantitative estimate of drug-likeness (QED) is 0.564. The van der Waals surface area contributed by atoms with Crippen LogP contribution in [0.15, 0.2) is 78.4 Å². The van der Waals surface area contributed by atoms with Crippen molar-refractivity contribution in [2.24, 2.45) is 0 Å². The predicted molar refractivity (Wildman–Crippen MR) is 98.2 cm³/mol. The second kappa shape index (κ2) is 6.14. The van der Waals surface area contributed by atoms with Crippen molar-refractivity contribution in [1.82, 2.24) is 0 Å². The Morgan fingerprint density at radius 1 is 0.880 bits per heavy atom. The zero-order valence-corrected chi connectivity index (χ0v) is 13.9. The minimum Gasteiger partial charge on any atom is -0.289 e. The summed E-state index contributed by atoms with van der Waals surface area (Å²) in [5.41, 5.74) is 4.68. The zero-order valence-electron chi connectivity index (χ0n) is 13.9. The maximum Gasteiger partial charge on any atom is 0.193 e. The molecule has 1 nitrogen and oxygen atoms in total. The van der Waals surface area contributed by atoms with Crippen LogP contribution in [0.25, 0.3) is 6.08 Å². The van der Waals surface area contributed by atoms with Crippen molar-refractivity contribution < 1.29 is 9.18 Å². The molecule has 4 rings (SSSR count). The van der Waals surface area contributed by atoms with E-state index in [9.17, 15) is 9.18 Å². The first-order valence-corrected chi connectivity index (χ1v) is 8.31. The summed E-state index contributed by atoms with van der Waals surface area (Å²) in [4.78, 5) is 13.0. The Balaban J connectivity index is 1.92. The van der Waals surface area contributed by atoms with Crippen LogP contribution in [0.5, 0.6) is 0 Å². The highest BCUT2D eigenvalue weighted by Crippen LogP contribution is 2.43. The van der Waals surface area contributed by atoms with Crippen LogP contribution in [0.3, 0.4) is 0 Å². The van der Waals surface area contributed by atoms with E-state index in [0.29, 0.717) is 5.57 Å². The van der Waals surface area contributed by atoms with Crippen LogP contribution >= 0.6 is 0 Å². The van der Waals surface area contributed by atoms with Crippen molar-refractivity contribution in [3.8, 4) is 0 Å². The number of carbonyl (C=O) groups excluding carboxylic acids is 1. The van der Waals surface area contributed by atoms with Crippen LogP contribution in [-0.4, -0.2) is 5.78 Å². The maximum absolute atomic E-state index is 14.3. The van der Waals surface area contributed by atoms with Gasteiger partial charge in [0, 0.05) is 11.5 Å². The van der Waals surface area contributed by atoms with Crippen LogP contribution < -0.4 is 0 Å². The molecule has 1 aliphatic carbocycles. The summed E-state index contributed by atoms with van der Waals surface area (Å²) in [5.74, 6) is -0.904. The number of fused-ring (bicyclic) bond motifs is 1. The molecule has 0 radical (unpaired) electrons. The molecule has 1 aliphatic rings. The predicted octanol–water partition coefficient (Wildman–Crippen LogP) is 5.55. The van der Waals surface area contributed by atoms with E-state index < -0.39 is 5.82 Å². The first-order valence-electron chi connectivity index (χ1n) is 8.31. The summed E-state index contributed by atoms with van der Waals surface area (Å²) >= 11 is 0. The summed E-state index contributed by atoms with van der Waals surface area (Å²) in [7, 11) is 0. The highest BCUT2D eigenvalue weighted by molar-refractivity contribution is 6.17. The van der Waals surface area contributed by atoms with E-state index in [1.54, 1.807) is 6.07 Å². The van der Waals surface area contributed by atoms with Gasteiger partial charge in [0.15, 0.2) is 5.78 Å². The van der Waals surface area contributed by atoms with E-state index in [1.807, 2.05) is 73.7 Å². The summed E-state index contributed by atoms with van der Waals surface area (Å²) < 4.78 is 14.3. The SMILES string of the molecule is Cc1ccc(/C=C2\C(=O)c3c(F)cccc3[C@H]2c2ccccc2)cc1. The van der Waals surface area contributed by atoms with E-state index in [1.165, 1.54) is 6.07 Å². The molecule has 0 amide bonds. The van der Waals surface area contributed by atoms with Crippen LogP contribution in [0.4, 0.5) is 4.39 Å². The summed E-state index contributed by atoms with van der Waals surface area (Å²) in [5, 5.41) is 0. The third-order valence-corrected chi connectivity index (χ3v) is 4.69. The lowest BCUT2D eigenvalue weighted by Crippen LogP contribution is -2.02. The Morgan fingerprint density at radius 3 is 2.32 bits per heavy atom. The van der Waals surface area contributed by atoms with E-state index in [-0.39, 0.29) is 17.3 Å². The zero-order chi connectivity index (χ0) is 17.4. The number of ketones is 1. The Kier molecular flexibility index (Phi) is 3.81. The number of allylic oxidation sites excluding steroid dienone is 1. The van der Waals surface area contributed by atoms with E-state index in [0.717, 1.165) is 22.3 Å². The highest BCUT2D eigenvalue weighted by Gasteiger charge is 2.37. The molecule has 122 valence electrons. The lowest BCUT2D eigenvalue weighted by atomic mass is 9.89. The number of carbonyl (C=O) groups is 1. The van der Waals surface area contributed by atoms with Crippen molar-refractivity contribution in [1.29, 1.82) is 0 Å². The van der Waals surface area contributed by atoms with E-state index in [4.69, 9.17) is 0 Å². The standard InChI is InChI=1S/C23H17FO/c1-15-10-12-16(13-11-15)14-19-21(17-6-3-2-4-7-17)18-8-5-9-20(24)22(18)23(19)25/h2-14,21H,1H3/b19-14-/t21-/m1/s1. The molecule has 0 N–H and O–H groups in total. The van der Waals surface area contributed by atoms with Gasteiger partial charge in [-0.2, -0.15) is 0 Å². The number of hydrogen-bond acceptors (Lipinski definition) is 1. The first kappa shape index (κ1) is 15.5. The van der Waals surface area contributed by atoms with Gasteiger partial charge in [0.25, 0.3) is 0 Å². The van der Waals surface area contributed by atoms with Gasteiger partial charge in [0.1, 0.15) is 5.82 Å². The lowest BCUT2D eigenvalue weighted by molar-refractivity contribution is 0.103. The number of halogens is 1. The molecule has 0 fully saturated rings. The molecule has 0 bridgehead atoms. The Morgan fingerprint density at radius 2 is 1.60 bits per heavy atom. The lowest BCUT2D eigenvalue weighted by Gasteiger charge is -2.13. The van der Waals surface area contributed by atoms with Gasteiger partial charge in [0.05, 0.1) is 5.56 Å². The molecule has 0 heterocycles. The molecule has 0 spiro atoms. The molecule has 25 heavy (non-hydrogen) atoms. The van der Waals surface area contributed by atoms with Crippen molar-refractivity contribution in [3.63, 3.8) is 0 Å². The van der Waals surface area contributed by atoms with Gasteiger partial charge in [-0.05, 0) is 35.8 Å². The molecular weight excluding hydrogens is 311 g/mol. The van der Waals surface area contributed by atoms with Gasteiger partial charge in [-0.15, -0.1) is 0 Å². The van der Waals surface area contributed by atoms with Gasteiger partial charge in [-0.3, -0.25) is 4.79 Å². The van der Waals surface area contributed by atoms with Gasteiger partial charge >= 0.3 is 0 Å². The number of hydrogen-bond donors (Lipinski definition) is 0. The number of Topliss-reactive ketones (excluding diaryl/α,β-unsaturated/α-hetero) is 1. The van der Waals surface area contributed by atoms with Crippen molar-refractivity contribution in [2.75, 3.05) is 0 Å². The average Bonchev–Trinajstić information content (AvgIpc) is 2.91. The minimum absolute atomic E-state index is 0.203. The Hall–Kier alpha value is -3.00. The third-order valence-electron chi connectivity index (χ3n) is 4.69. The molecule has 0 unspecified atom stereocenters. The van der Waals surface area contributed by atoms with Gasteiger partial charge < -0.3 is 0 Å². The smallest absolute Gasteiger partial charge is 0.193 e. The molecule has 0 aromatic heterocycles. The maximum atomic E-state index is 14.3. The molecule has 0 saturated heterocycles. The third kappa shape index (κ3) is 2.70. The van der Waals surface area contributed by atoms with Crippen LogP contribution in [0.1, 0.15) is 38.5 Å². The molecule has 0 aliphatic heterocycles. The highest BCUT2D eigenvalue weighted by atomic mass is 19.1. The molecular formula is C23H17FO. The fourth-order valence-corrected chi connectivity index (χ4v) is 3.46. The fourth-order valence-electron chi connectivity index (χ4n) is 3.46. The van der Waals surface area contributed by atoms with Gasteiger partial charge in [0.2, 0.25) is 0 Å². The molecule has 1 atom stereocenters. The normalized spacial score (nSPS) is 17.8. The van der Waals surface area contributed by atoms with Gasteiger partial charge in [-0.25, -0.2) is 4.39 Å². The second-order valence-corrected chi connectivity index (χ2v) is 6.39. The van der Waals surface area contributed by atoms with Crippen molar-refractivity contribution in [3.05, 3.63) is 112 Å². The minimum atomic E-state index is -0.448. The second-order valence-electron chi connectivity index (χ2n) is 6.39. The van der Waals surface area contributed by atoms with Crippen LogP contribution in [0, 0.1) is 12.7 Å². The van der Waals surface area contributed by atoms with Crippen molar-refractivity contribution in [2.45, 2.75) is 12.8 Å². The van der Waals surface area contributed by atoms with Gasteiger partial charge in [-0.1, -0.05) is 72.3 Å². The van der Waals surface area contributed by atoms with E-state index in [2.05, 4.69) is 0 Å². The summed E-state index contributed by atoms with van der Waals surface area (Å²) in [6.45, 7) is 2.02. The molecule has 3 aromatic rings. The topological polar surface area (TPSA) is 17.1 Å². The summed E-state index contributed by atoms with van der Waals surface area (Å²) in [6.07, 6.45) is 1.89. The largest absolute Gasteiger partial charge is 0.289 e. The number of benzene rings is 3. The monoisotopic (exact) mass is 328 g/mol. The van der Waals surface area contributed by atoms with Crippen LogP contribution in [-0.2, 0) is 0 Å².